The van der Waals surface area contributed by atoms with Crippen LogP contribution in [0, 0.1) is 11.3 Å². The maximum atomic E-state index is 11.9. The third-order valence-corrected chi connectivity index (χ3v) is 7.16. The normalized spacial score (nSPS) is 32.9. The highest BCUT2D eigenvalue weighted by Gasteiger charge is 2.65. The monoisotopic (exact) mass is 378 g/mol. The Labute approximate surface area is 162 Å². The fourth-order valence-electron chi connectivity index (χ4n) is 5.84. The summed E-state index contributed by atoms with van der Waals surface area (Å²) in [5, 5.41) is 7.36. The number of carbonyl (C=O) groups excluding carboxylic acids is 1. The van der Waals surface area contributed by atoms with Crippen molar-refractivity contribution in [2.24, 2.45) is 16.3 Å². The SMILES string of the molecule is CCOC(=O)N1CCC(NC(=NC)NC2C3CCOC3C23CCCC3)CC1. The van der Waals surface area contributed by atoms with Crippen LogP contribution in [0.3, 0.4) is 0 Å². The lowest BCUT2D eigenvalue weighted by molar-refractivity contribution is -0.125. The first kappa shape index (κ1) is 18.8. The minimum Gasteiger partial charge on any atom is -0.450 e. The van der Waals surface area contributed by atoms with Crippen LogP contribution in [0.4, 0.5) is 4.79 Å². The summed E-state index contributed by atoms with van der Waals surface area (Å²) in [5.74, 6) is 1.54. The zero-order chi connectivity index (χ0) is 18.9. The lowest BCUT2D eigenvalue weighted by atomic mass is 9.54. The van der Waals surface area contributed by atoms with Crippen molar-refractivity contribution >= 4 is 12.1 Å². The minimum atomic E-state index is -0.191. The molecule has 27 heavy (non-hydrogen) atoms. The molecule has 0 aromatic carbocycles. The van der Waals surface area contributed by atoms with E-state index < -0.39 is 0 Å². The molecule has 2 aliphatic heterocycles. The Kier molecular flexibility index (Phi) is 5.48. The summed E-state index contributed by atoms with van der Waals surface area (Å²) in [6.45, 7) is 4.66. The summed E-state index contributed by atoms with van der Waals surface area (Å²) < 4.78 is 11.2. The Balaban J connectivity index is 1.31. The predicted molar refractivity (Wildman–Crippen MR) is 104 cm³/mol. The molecule has 2 aliphatic carbocycles. The second-order valence-corrected chi connectivity index (χ2v) is 8.48. The van der Waals surface area contributed by atoms with E-state index in [4.69, 9.17) is 9.47 Å². The molecule has 1 spiro atoms. The molecule has 3 atom stereocenters. The number of carbonyl (C=O) groups is 1. The van der Waals surface area contributed by atoms with Gasteiger partial charge in [0.2, 0.25) is 0 Å². The fourth-order valence-corrected chi connectivity index (χ4v) is 5.84. The van der Waals surface area contributed by atoms with Gasteiger partial charge in [-0.2, -0.15) is 0 Å². The van der Waals surface area contributed by atoms with Gasteiger partial charge >= 0.3 is 6.09 Å². The summed E-state index contributed by atoms with van der Waals surface area (Å²) in [6.07, 6.45) is 8.48. The van der Waals surface area contributed by atoms with Gasteiger partial charge in [-0.25, -0.2) is 4.79 Å². The van der Waals surface area contributed by atoms with Crippen LogP contribution in [0.15, 0.2) is 4.99 Å². The Morgan fingerprint density at radius 1 is 1.22 bits per heavy atom. The number of aliphatic imine (C=N–C) groups is 1. The van der Waals surface area contributed by atoms with Gasteiger partial charge in [0.25, 0.3) is 0 Å². The number of hydrogen-bond donors (Lipinski definition) is 2. The Hall–Kier alpha value is -1.50. The van der Waals surface area contributed by atoms with E-state index in [1.54, 1.807) is 4.90 Å². The number of likely N-dealkylation sites (tertiary alicyclic amines) is 1. The van der Waals surface area contributed by atoms with Crippen LogP contribution >= 0.6 is 0 Å². The zero-order valence-corrected chi connectivity index (χ0v) is 16.7. The lowest BCUT2D eigenvalue weighted by Gasteiger charge is -2.57. The number of piperidine rings is 1. The molecule has 152 valence electrons. The number of ether oxygens (including phenoxy) is 2. The molecule has 2 saturated carbocycles. The van der Waals surface area contributed by atoms with Crippen molar-refractivity contribution in [1.29, 1.82) is 0 Å². The predicted octanol–water partition coefficient (Wildman–Crippen LogP) is 2.12. The van der Waals surface area contributed by atoms with Crippen molar-refractivity contribution in [2.75, 3.05) is 33.4 Å². The number of guanidine groups is 1. The Bertz CT molecular complexity index is 568. The molecule has 0 radical (unpaired) electrons. The first-order chi connectivity index (χ1) is 13.2. The van der Waals surface area contributed by atoms with Crippen molar-refractivity contribution < 1.29 is 14.3 Å². The van der Waals surface area contributed by atoms with Gasteiger partial charge in [0.1, 0.15) is 0 Å². The molecule has 0 aromatic rings. The van der Waals surface area contributed by atoms with Crippen LogP contribution in [-0.4, -0.2) is 68.5 Å². The van der Waals surface area contributed by atoms with E-state index in [2.05, 4.69) is 15.6 Å². The van der Waals surface area contributed by atoms with E-state index in [0.717, 1.165) is 38.5 Å². The van der Waals surface area contributed by atoms with Gasteiger partial charge in [-0.15, -0.1) is 0 Å². The summed E-state index contributed by atoms with van der Waals surface area (Å²) >= 11 is 0. The molecule has 3 unspecified atom stereocenters. The topological polar surface area (TPSA) is 75.2 Å². The quantitative estimate of drug-likeness (QED) is 0.581. The molecule has 7 heteroatoms. The van der Waals surface area contributed by atoms with E-state index in [1.807, 2.05) is 14.0 Å². The van der Waals surface area contributed by atoms with Crippen molar-refractivity contribution in [3.63, 3.8) is 0 Å². The average molecular weight is 379 g/mol. The van der Waals surface area contributed by atoms with E-state index in [1.165, 1.54) is 32.1 Å². The molecule has 0 aromatic heterocycles. The van der Waals surface area contributed by atoms with Crippen LogP contribution < -0.4 is 10.6 Å². The third kappa shape index (κ3) is 3.39. The van der Waals surface area contributed by atoms with Crippen LogP contribution in [0.5, 0.6) is 0 Å². The van der Waals surface area contributed by atoms with Crippen molar-refractivity contribution in [1.82, 2.24) is 15.5 Å². The van der Waals surface area contributed by atoms with Crippen LogP contribution in [0.25, 0.3) is 0 Å². The van der Waals surface area contributed by atoms with Gasteiger partial charge in [0.05, 0.1) is 12.7 Å². The lowest BCUT2D eigenvalue weighted by Crippen LogP contribution is -2.69. The molecule has 4 fully saturated rings. The number of nitrogens with one attached hydrogen (secondary N) is 2. The van der Waals surface area contributed by atoms with E-state index in [9.17, 15) is 4.79 Å². The van der Waals surface area contributed by atoms with E-state index in [-0.39, 0.29) is 6.09 Å². The molecular formula is C20H34N4O3. The second kappa shape index (κ2) is 7.86. The maximum Gasteiger partial charge on any atom is 0.409 e. The zero-order valence-electron chi connectivity index (χ0n) is 16.7. The van der Waals surface area contributed by atoms with E-state index >= 15 is 0 Å². The molecule has 4 aliphatic rings. The van der Waals surface area contributed by atoms with Crippen LogP contribution in [0.2, 0.25) is 0 Å². The van der Waals surface area contributed by atoms with Crippen molar-refractivity contribution in [3.05, 3.63) is 0 Å². The Morgan fingerprint density at radius 3 is 2.63 bits per heavy atom. The van der Waals surface area contributed by atoms with E-state index in [0.29, 0.717) is 36.1 Å². The number of nitrogens with zero attached hydrogens (tertiary/aromatic N) is 2. The smallest absolute Gasteiger partial charge is 0.409 e. The highest BCUT2D eigenvalue weighted by Crippen LogP contribution is 2.60. The number of rotatable bonds is 3. The largest absolute Gasteiger partial charge is 0.450 e. The molecule has 4 rings (SSSR count). The highest BCUT2D eigenvalue weighted by atomic mass is 16.6. The molecular weight excluding hydrogens is 344 g/mol. The summed E-state index contributed by atoms with van der Waals surface area (Å²) in [5.41, 5.74) is 0.325. The molecule has 0 bridgehead atoms. The van der Waals surface area contributed by atoms with Crippen LogP contribution in [0.1, 0.15) is 51.9 Å². The van der Waals surface area contributed by atoms with Crippen molar-refractivity contribution in [3.8, 4) is 0 Å². The molecule has 2 saturated heterocycles. The van der Waals surface area contributed by atoms with Gasteiger partial charge in [-0.3, -0.25) is 4.99 Å². The molecule has 2 heterocycles. The van der Waals surface area contributed by atoms with Gasteiger partial charge in [0, 0.05) is 50.2 Å². The first-order valence-corrected chi connectivity index (χ1v) is 10.7. The number of hydrogen-bond acceptors (Lipinski definition) is 4. The fraction of sp³-hybridized carbons (Fsp3) is 0.900. The standard InChI is InChI=1S/C20H34N4O3/c1-3-26-19(25)24-11-6-14(7-12-24)22-18(21-2)23-16-15-8-13-27-17(15)20(16)9-4-5-10-20/h14-17H,3-13H2,1-2H3,(H2,21,22,23). The van der Waals surface area contributed by atoms with Gasteiger partial charge in [0.15, 0.2) is 5.96 Å². The minimum absolute atomic E-state index is 0.191. The molecule has 2 N–H and O–H groups in total. The first-order valence-electron chi connectivity index (χ1n) is 10.7. The summed E-state index contributed by atoms with van der Waals surface area (Å²) in [7, 11) is 1.85. The molecule has 1 amide bonds. The number of fused-ring (bicyclic) bond motifs is 2. The van der Waals surface area contributed by atoms with Gasteiger partial charge in [-0.1, -0.05) is 12.8 Å². The van der Waals surface area contributed by atoms with Gasteiger partial charge in [-0.05, 0) is 39.0 Å². The van der Waals surface area contributed by atoms with Crippen LogP contribution in [-0.2, 0) is 9.47 Å². The van der Waals surface area contributed by atoms with Gasteiger partial charge < -0.3 is 25.0 Å². The molecule has 7 nitrogen and oxygen atoms in total. The highest BCUT2D eigenvalue weighted by molar-refractivity contribution is 5.80. The number of amides is 1. The summed E-state index contributed by atoms with van der Waals surface area (Å²) in [6, 6.07) is 0.829. The second-order valence-electron chi connectivity index (χ2n) is 8.48. The summed E-state index contributed by atoms with van der Waals surface area (Å²) in [4.78, 5) is 18.2. The average Bonchev–Trinajstić information content (AvgIpc) is 3.34. The Morgan fingerprint density at radius 2 is 1.96 bits per heavy atom. The maximum absolute atomic E-state index is 11.9. The van der Waals surface area contributed by atoms with Crippen molar-refractivity contribution in [2.45, 2.75) is 70.1 Å². The third-order valence-electron chi connectivity index (χ3n) is 7.16.